The Morgan fingerprint density at radius 3 is 2.69 bits per heavy atom. The van der Waals surface area contributed by atoms with Gasteiger partial charge in [-0.3, -0.25) is 0 Å². The first-order valence-corrected chi connectivity index (χ1v) is 3.94. The number of rotatable bonds is 3. The van der Waals surface area contributed by atoms with Crippen LogP contribution in [0.2, 0.25) is 0 Å². The Labute approximate surface area is 76.0 Å². The highest BCUT2D eigenvalue weighted by atomic mass is 19.1. The van der Waals surface area contributed by atoms with Gasteiger partial charge < -0.3 is 10.2 Å². The van der Waals surface area contributed by atoms with Crippen LogP contribution in [0.4, 0.5) is 4.39 Å². The Balaban J connectivity index is 2.97. The van der Waals surface area contributed by atoms with Gasteiger partial charge in [0.1, 0.15) is 5.82 Å². The molecule has 2 nitrogen and oxygen atoms in total. The Kier molecular flexibility index (Phi) is 3.61. The second-order valence-corrected chi connectivity index (χ2v) is 2.60. The minimum absolute atomic E-state index is 0.111. The first-order chi connectivity index (χ1) is 6.27. The van der Waals surface area contributed by atoms with Crippen LogP contribution in [0.25, 0.3) is 6.08 Å². The number of hydrogen-bond acceptors (Lipinski definition) is 2. The van der Waals surface area contributed by atoms with Crippen molar-refractivity contribution in [3.63, 3.8) is 0 Å². The summed E-state index contributed by atoms with van der Waals surface area (Å²) in [5.41, 5.74) is 1.03. The van der Waals surface area contributed by atoms with Crippen molar-refractivity contribution in [2.24, 2.45) is 0 Å². The topological polar surface area (TPSA) is 40.5 Å². The molecule has 1 aromatic carbocycles. The van der Waals surface area contributed by atoms with Gasteiger partial charge in [0.05, 0.1) is 13.2 Å². The first-order valence-electron chi connectivity index (χ1n) is 3.94. The van der Waals surface area contributed by atoms with Crippen LogP contribution in [0.15, 0.2) is 24.3 Å². The normalized spacial score (nSPS) is 11.0. The molecule has 70 valence electrons. The third-order valence-electron chi connectivity index (χ3n) is 1.65. The van der Waals surface area contributed by atoms with E-state index in [0.29, 0.717) is 11.1 Å². The number of benzene rings is 1. The molecule has 0 saturated carbocycles. The Hall–Kier alpha value is -1.19. The molecule has 1 rings (SSSR count). The minimum Gasteiger partial charge on any atom is -0.392 e. The first kappa shape index (κ1) is 9.89. The lowest BCUT2D eigenvalue weighted by Crippen LogP contribution is -1.88. The van der Waals surface area contributed by atoms with E-state index in [9.17, 15) is 4.39 Å². The van der Waals surface area contributed by atoms with Crippen LogP contribution in [0, 0.1) is 5.82 Å². The molecule has 0 aliphatic heterocycles. The summed E-state index contributed by atoms with van der Waals surface area (Å²) >= 11 is 0. The zero-order valence-corrected chi connectivity index (χ0v) is 7.07. The van der Waals surface area contributed by atoms with Crippen molar-refractivity contribution in [1.29, 1.82) is 0 Å². The maximum atomic E-state index is 13.0. The SMILES string of the molecule is OCC=Cc1cc(CO)ccc1F. The Morgan fingerprint density at radius 2 is 2.08 bits per heavy atom. The van der Waals surface area contributed by atoms with Gasteiger partial charge in [-0.1, -0.05) is 18.2 Å². The largest absolute Gasteiger partial charge is 0.392 e. The van der Waals surface area contributed by atoms with Crippen molar-refractivity contribution in [2.75, 3.05) is 6.61 Å². The van der Waals surface area contributed by atoms with E-state index in [2.05, 4.69) is 0 Å². The van der Waals surface area contributed by atoms with E-state index < -0.39 is 0 Å². The minimum atomic E-state index is -0.359. The lowest BCUT2D eigenvalue weighted by Gasteiger charge is -1.99. The highest BCUT2D eigenvalue weighted by molar-refractivity contribution is 5.51. The van der Waals surface area contributed by atoms with Crippen LogP contribution in [-0.4, -0.2) is 16.8 Å². The quantitative estimate of drug-likeness (QED) is 0.740. The van der Waals surface area contributed by atoms with Gasteiger partial charge in [-0.05, 0) is 17.7 Å². The zero-order valence-electron chi connectivity index (χ0n) is 7.07. The van der Waals surface area contributed by atoms with Crippen molar-refractivity contribution in [3.8, 4) is 0 Å². The molecule has 0 aliphatic carbocycles. The molecular formula is C10H11FO2. The summed E-state index contributed by atoms with van der Waals surface area (Å²) in [4.78, 5) is 0. The molecule has 1 aromatic rings. The average Bonchev–Trinajstić information content (AvgIpc) is 2.17. The number of aliphatic hydroxyl groups is 2. The van der Waals surface area contributed by atoms with E-state index in [0.717, 1.165) is 0 Å². The molecule has 2 N–H and O–H groups in total. The summed E-state index contributed by atoms with van der Waals surface area (Å²) in [6.45, 7) is -0.233. The van der Waals surface area contributed by atoms with Crippen molar-refractivity contribution in [1.82, 2.24) is 0 Å². The molecular weight excluding hydrogens is 171 g/mol. The molecule has 0 bridgehead atoms. The van der Waals surface area contributed by atoms with E-state index in [1.807, 2.05) is 0 Å². The summed E-state index contributed by atoms with van der Waals surface area (Å²) in [5.74, 6) is -0.359. The van der Waals surface area contributed by atoms with Crippen LogP contribution in [0.1, 0.15) is 11.1 Å². The predicted molar refractivity (Wildman–Crippen MR) is 48.4 cm³/mol. The molecule has 13 heavy (non-hydrogen) atoms. The van der Waals surface area contributed by atoms with Crippen LogP contribution in [-0.2, 0) is 6.61 Å². The Morgan fingerprint density at radius 1 is 1.31 bits per heavy atom. The van der Waals surface area contributed by atoms with Gasteiger partial charge in [-0.15, -0.1) is 0 Å². The van der Waals surface area contributed by atoms with Crippen molar-refractivity contribution in [3.05, 3.63) is 41.2 Å². The van der Waals surface area contributed by atoms with Crippen molar-refractivity contribution < 1.29 is 14.6 Å². The average molecular weight is 182 g/mol. The summed E-state index contributed by atoms with van der Waals surface area (Å²) in [7, 11) is 0. The fourth-order valence-corrected chi connectivity index (χ4v) is 0.999. The fraction of sp³-hybridized carbons (Fsp3) is 0.200. The smallest absolute Gasteiger partial charge is 0.130 e. The van der Waals surface area contributed by atoms with Crippen LogP contribution >= 0.6 is 0 Å². The standard InChI is InChI=1S/C10H11FO2/c11-10-4-3-8(7-13)6-9(10)2-1-5-12/h1-4,6,12-13H,5,7H2. The summed E-state index contributed by atoms with van der Waals surface area (Å²) < 4.78 is 13.0. The van der Waals surface area contributed by atoms with Gasteiger partial charge in [0.2, 0.25) is 0 Å². The molecule has 0 amide bonds. The summed E-state index contributed by atoms with van der Waals surface area (Å²) in [6, 6.07) is 4.36. The molecule has 0 radical (unpaired) electrons. The fourth-order valence-electron chi connectivity index (χ4n) is 0.999. The molecule has 0 unspecified atom stereocenters. The molecule has 0 fully saturated rings. The second-order valence-electron chi connectivity index (χ2n) is 2.60. The third kappa shape index (κ3) is 2.65. The van der Waals surface area contributed by atoms with Gasteiger partial charge in [0.25, 0.3) is 0 Å². The van der Waals surface area contributed by atoms with Gasteiger partial charge in [0.15, 0.2) is 0 Å². The highest BCUT2D eigenvalue weighted by Crippen LogP contribution is 2.12. The lowest BCUT2D eigenvalue weighted by atomic mass is 10.1. The molecule has 0 aliphatic rings. The molecule has 0 aromatic heterocycles. The number of aliphatic hydroxyl groups excluding tert-OH is 2. The van der Waals surface area contributed by atoms with Gasteiger partial charge in [-0.25, -0.2) is 4.39 Å². The summed E-state index contributed by atoms with van der Waals surface area (Å²) in [6.07, 6.45) is 2.92. The second kappa shape index (κ2) is 4.74. The van der Waals surface area contributed by atoms with Crippen LogP contribution < -0.4 is 0 Å². The van der Waals surface area contributed by atoms with E-state index in [-0.39, 0.29) is 19.0 Å². The molecule has 0 atom stereocenters. The third-order valence-corrected chi connectivity index (χ3v) is 1.65. The molecule has 0 spiro atoms. The van der Waals surface area contributed by atoms with Crippen molar-refractivity contribution in [2.45, 2.75) is 6.61 Å². The summed E-state index contributed by atoms with van der Waals surface area (Å²) in [5, 5.41) is 17.3. The predicted octanol–water partition coefficient (Wildman–Crippen LogP) is 1.32. The van der Waals surface area contributed by atoms with E-state index in [1.165, 1.54) is 24.3 Å². The van der Waals surface area contributed by atoms with Crippen molar-refractivity contribution >= 4 is 6.08 Å². The zero-order chi connectivity index (χ0) is 9.68. The van der Waals surface area contributed by atoms with Crippen LogP contribution in [0.3, 0.4) is 0 Å². The molecule has 3 heteroatoms. The maximum Gasteiger partial charge on any atom is 0.130 e. The molecule has 0 heterocycles. The van der Waals surface area contributed by atoms with Gasteiger partial charge in [0, 0.05) is 5.56 Å². The Bertz CT molecular complexity index is 308. The number of hydrogen-bond donors (Lipinski definition) is 2. The monoisotopic (exact) mass is 182 g/mol. The van der Waals surface area contributed by atoms with E-state index >= 15 is 0 Å². The maximum absolute atomic E-state index is 13.0. The van der Waals surface area contributed by atoms with Gasteiger partial charge >= 0.3 is 0 Å². The van der Waals surface area contributed by atoms with E-state index in [1.54, 1.807) is 6.07 Å². The lowest BCUT2D eigenvalue weighted by molar-refractivity contribution is 0.281. The number of halogens is 1. The van der Waals surface area contributed by atoms with Crippen LogP contribution in [0.5, 0.6) is 0 Å². The molecule has 0 saturated heterocycles. The highest BCUT2D eigenvalue weighted by Gasteiger charge is 1.99. The van der Waals surface area contributed by atoms with Gasteiger partial charge in [-0.2, -0.15) is 0 Å². The van der Waals surface area contributed by atoms with E-state index in [4.69, 9.17) is 10.2 Å².